The van der Waals surface area contributed by atoms with Crippen molar-refractivity contribution < 1.29 is 28.7 Å². The maximum absolute atomic E-state index is 13.2. The van der Waals surface area contributed by atoms with Crippen molar-refractivity contribution in [3.8, 4) is 33.6 Å². The lowest BCUT2D eigenvalue weighted by molar-refractivity contribution is -0.126. The fourth-order valence-electron chi connectivity index (χ4n) is 6.00. The van der Waals surface area contributed by atoms with Crippen molar-refractivity contribution >= 4 is 24.0 Å². The average Bonchev–Trinajstić information content (AvgIpc) is 3.84. The molecule has 0 saturated carbocycles. The minimum Gasteiger partial charge on any atom is -0.453 e. The summed E-state index contributed by atoms with van der Waals surface area (Å²) >= 11 is 0. The Labute approximate surface area is 317 Å². The number of alkyl carbamates (subject to hydrolysis) is 2. The summed E-state index contributed by atoms with van der Waals surface area (Å²) in [5, 5.41) is 11.3. The van der Waals surface area contributed by atoms with E-state index in [1.54, 1.807) is 12.4 Å². The van der Waals surface area contributed by atoms with Gasteiger partial charge in [-0.25, -0.2) is 19.6 Å². The van der Waals surface area contributed by atoms with Crippen molar-refractivity contribution in [2.24, 2.45) is 23.7 Å². The van der Waals surface area contributed by atoms with E-state index in [-0.39, 0.29) is 35.5 Å². The van der Waals surface area contributed by atoms with E-state index in [0.29, 0.717) is 11.6 Å². The monoisotopic (exact) mass is 742 g/mol. The molecule has 4 atom stereocenters. The lowest BCUT2D eigenvalue weighted by Crippen LogP contribution is -2.51. The quantitative estimate of drug-likeness (QED) is 0.0793. The van der Waals surface area contributed by atoms with E-state index < -0.39 is 36.4 Å². The summed E-state index contributed by atoms with van der Waals surface area (Å²) in [5.41, 5.74) is 5.56. The first-order valence-electron chi connectivity index (χ1n) is 18.2. The maximum Gasteiger partial charge on any atom is 0.407 e. The molecule has 0 spiro atoms. The normalized spacial score (nSPS) is 13.7. The molecule has 0 unspecified atom stereocenters. The Morgan fingerprint density at radius 1 is 0.500 bits per heavy atom. The number of hydrogen-bond acceptors (Lipinski definition) is 8. The van der Waals surface area contributed by atoms with Crippen LogP contribution in [-0.2, 0) is 19.1 Å². The van der Waals surface area contributed by atoms with E-state index in [1.165, 1.54) is 14.2 Å². The van der Waals surface area contributed by atoms with E-state index in [2.05, 4.69) is 41.2 Å². The first-order valence-corrected chi connectivity index (χ1v) is 18.2. The standard InChI is InChI=1S/C40H54N8O6/c1-21(2)31(45-37(49)33(23(5)6)47-39(51)53-9)35-41-19-29(43-35)27-15-11-25(12-16-27)26-13-17-28(18-14-26)30-20-42-36(44-30)32(22(3)4)46-38(50)34(24(7)8)48-40(52)54-10/h11-24,31-34H,1-10H3,(H,41,43)(H,42,44)(H,45,49)(H,46,50)(H,47,51)(H,48,52)/t31-,32-,33-,34-/m1/s1. The van der Waals surface area contributed by atoms with E-state index in [1.807, 2.05) is 104 Å². The Morgan fingerprint density at radius 2 is 0.815 bits per heavy atom. The minimum atomic E-state index is -0.759. The van der Waals surface area contributed by atoms with Gasteiger partial charge in [0.15, 0.2) is 0 Å². The van der Waals surface area contributed by atoms with Crippen molar-refractivity contribution in [2.75, 3.05) is 14.2 Å². The van der Waals surface area contributed by atoms with Crippen LogP contribution in [0.1, 0.15) is 79.1 Å². The van der Waals surface area contributed by atoms with Gasteiger partial charge in [0.1, 0.15) is 23.7 Å². The molecule has 290 valence electrons. The number of amides is 4. The van der Waals surface area contributed by atoms with Crippen LogP contribution in [0.4, 0.5) is 9.59 Å². The Bertz CT molecular complexity index is 1730. The third kappa shape index (κ3) is 10.3. The van der Waals surface area contributed by atoms with Gasteiger partial charge in [-0.1, -0.05) is 104 Å². The van der Waals surface area contributed by atoms with Crippen LogP contribution >= 0.6 is 0 Å². The highest BCUT2D eigenvalue weighted by Gasteiger charge is 2.31. The highest BCUT2D eigenvalue weighted by molar-refractivity contribution is 5.87. The summed E-state index contributed by atoms with van der Waals surface area (Å²) in [6, 6.07) is 13.9. The zero-order chi connectivity index (χ0) is 39.7. The minimum absolute atomic E-state index is 0.0226. The number of carbonyl (C=O) groups excluding carboxylic acids is 4. The Hall–Kier alpha value is -5.66. The maximum atomic E-state index is 13.2. The summed E-state index contributed by atoms with van der Waals surface area (Å²) in [4.78, 5) is 66.0. The molecule has 0 fully saturated rings. The Balaban J connectivity index is 1.45. The lowest BCUT2D eigenvalue weighted by atomic mass is 10.00. The molecule has 0 saturated heterocycles. The molecule has 54 heavy (non-hydrogen) atoms. The number of aromatic amines is 2. The smallest absolute Gasteiger partial charge is 0.407 e. The number of H-pyrrole nitrogens is 2. The number of nitrogens with one attached hydrogen (secondary N) is 6. The Morgan fingerprint density at radius 3 is 1.09 bits per heavy atom. The molecule has 4 amide bonds. The van der Waals surface area contributed by atoms with Crippen molar-refractivity contribution in [1.82, 2.24) is 41.2 Å². The first-order chi connectivity index (χ1) is 25.6. The fraction of sp³-hybridized carbons (Fsp3) is 0.450. The fourth-order valence-corrected chi connectivity index (χ4v) is 6.00. The van der Waals surface area contributed by atoms with Crippen LogP contribution in [0.5, 0.6) is 0 Å². The number of carbonyl (C=O) groups is 4. The van der Waals surface area contributed by atoms with Crippen molar-refractivity contribution in [1.29, 1.82) is 0 Å². The molecule has 2 aromatic carbocycles. The van der Waals surface area contributed by atoms with Gasteiger partial charge in [-0.3, -0.25) is 9.59 Å². The van der Waals surface area contributed by atoms with Gasteiger partial charge in [0, 0.05) is 0 Å². The molecule has 0 aliphatic rings. The van der Waals surface area contributed by atoms with Gasteiger partial charge >= 0.3 is 12.2 Å². The van der Waals surface area contributed by atoms with Crippen LogP contribution in [0.2, 0.25) is 0 Å². The SMILES string of the molecule is COC(=O)N[C@@H](C(=O)N[C@@H](c1ncc(-c2ccc(-c3ccc(-c4cnc([C@H](NC(=O)[C@H](NC(=O)OC)C(C)C)C(C)C)[nH]4)cc3)cc2)[nH]1)C(C)C)C(C)C. The van der Waals surface area contributed by atoms with Gasteiger partial charge in [0.05, 0.1) is 50.1 Å². The number of aromatic nitrogens is 4. The number of methoxy groups -OCH3 is 2. The van der Waals surface area contributed by atoms with Gasteiger partial charge in [-0.2, -0.15) is 0 Å². The van der Waals surface area contributed by atoms with E-state index in [4.69, 9.17) is 9.47 Å². The molecular formula is C40H54N8O6. The van der Waals surface area contributed by atoms with E-state index in [9.17, 15) is 19.2 Å². The highest BCUT2D eigenvalue weighted by Crippen LogP contribution is 2.29. The summed E-state index contributed by atoms with van der Waals surface area (Å²) in [5.74, 6) is 0.354. The van der Waals surface area contributed by atoms with Crippen LogP contribution in [0.15, 0.2) is 60.9 Å². The predicted octanol–water partition coefficient (Wildman–Crippen LogP) is 6.52. The molecule has 14 nitrogen and oxygen atoms in total. The summed E-state index contributed by atoms with van der Waals surface area (Å²) in [6.45, 7) is 15.4. The van der Waals surface area contributed by atoms with Gasteiger partial charge in [0.25, 0.3) is 0 Å². The second-order valence-corrected chi connectivity index (χ2v) is 14.7. The average molecular weight is 743 g/mol. The first kappa shape index (κ1) is 41.1. The molecule has 2 heterocycles. The lowest BCUT2D eigenvalue weighted by Gasteiger charge is -2.26. The third-order valence-corrected chi connectivity index (χ3v) is 9.25. The highest BCUT2D eigenvalue weighted by atomic mass is 16.5. The van der Waals surface area contributed by atoms with Gasteiger partial charge in [0.2, 0.25) is 11.8 Å². The number of rotatable bonds is 15. The van der Waals surface area contributed by atoms with Crippen molar-refractivity contribution in [3.63, 3.8) is 0 Å². The molecule has 4 rings (SSSR count). The summed E-state index contributed by atoms with van der Waals surface area (Å²) in [6.07, 6.45) is 2.18. The molecule has 4 aromatic rings. The summed E-state index contributed by atoms with van der Waals surface area (Å²) < 4.78 is 9.40. The molecule has 0 bridgehead atoms. The van der Waals surface area contributed by atoms with Gasteiger partial charge in [-0.05, 0) is 45.9 Å². The second kappa shape index (κ2) is 18.4. The molecule has 2 aromatic heterocycles. The number of benzene rings is 2. The van der Waals surface area contributed by atoms with Crippen LogP contribution in [0.25, 0.3) is 33.6 Å². The number of hydrogen-bond donors (Lipinski definition) is 6. The van der Waals surface area contributed by atoms with Crippen LogP contribution in [-0.4, -0.2) is 70.2 Å². The third-order valence-electron chi connectivity index (χ3n) is 9.25. The zero-order valence-corrected chi connectivity index (χ0v) is 32.7. The van der Waals surface area contributed by atoms with E-state index >= 15 is 0 Å². The van der Waals surface area contributed by atoms with Crippen LogP contribution in [0.3, 0.4) is 0 Å². The van der Waals surface area contributed by atoms with Crippen molar-refractivity contribution in [2.45, 2.75) is 79.6 Å². The zero-order valence-electron chi connectivity index (χ0n) is 32.7. The largest absolute Gasteiger partial charge is 0.453 e. The molecule has 0 radical (unpaired) electrons. The number of ether oxygens (including phenoxy) is 2. The second-order valence-electron chi connectivity index (χ2n) is 14.7. The van der Waals surface area contributed by atoms with Gasteiger partial charge in [-0.15, -0.1) is 0 Å². The van der Waals surface area contributed by atoms with Gasteiger partial charge < -0.3 is 40.7 Å². The summed E-state index contributed by atoms with van der Waals surface area (Å²) in [7, 11) is 2.53. The van der Waals surface area contributed by atoms with Crippen LogP contribution in [0, 0.1) is 23.7 Å². The topological polar surface area (TPSA) is 192 Å². The Kier molecular flexibility index (Phi) is 14.0. The van der Waals surface area contributed by atoms with Crippen LogP contribution < -0.4 is 21.3 Å². The molecule has 0 aliphatic heterocycles. The number of nitrogens with zero attached hydrogens (tertiary/aromatic N) is 2. The number of imidazole rings is 2. The molecular weight excluding hydrogens is 688 g/mol. The van der Waals surface area contributed by atoms with Crippen molar-refractivity contribution in [3.05, 3.63) is 72.6 Å². The van der Waals surface area contributed by atoms with E-state index in [0.717, 1.165) is 33.6 Å². The molecule has 0 aliphatic carbocycles. The molecule has 14 heteroatoms. The predicted molar refractivity (Wildman–Crippen MR) is 207 cm³/mol. The molecule has 6 N–H and O–H groups in total.